The molecule has 0 aliphatic rings. The van der Waals surface area contributed by atoms with E-state index in [1.807, 2.05) is 25.2 Å². The van der Waals surface area contributed by atoms with Crippen molar-refractivity contribution in [2.45, 2.75) is 0 Å². The van der Waals surface area contributed by atoms with Crippen LogP contribution in [0, 0.1) is 0 Å². The van der Waals surface area contributed by atoms with Crippen LogP contribution in [0.1, 0.15) is 9.67 Å². The number of aryl methyl sites for hydroxylation is 1. The summed E-state index contributed by atoms with van der Waals surface area (Å²) in [5, 5.41) is 2.40. The van der Waals surface area contributed by atoms with Gasteiger partial charge in [-0.2, -0.15) is 0 Å². The zero-order valence-electron chi connectivity index (χ0n) is 8.23. The first-order valence-electron chi connectivity index (χ1n) is 4.73. The van der Waals surface area contributed by atoms with Gasteiger partial charge in [0, 0.05) is 23.3 Å². The van der Waals surface area contributed by atoms with Crippen LogP contribution in [0.5, 0.6) is 0 Å². The molecule has 15 heavy (non-hydrogen) atoms. The molecule has 0 saturated heterocycles. The number of thiophene rings is 1. The lowest BCUT2D eigenvalue weighted by atomic mass is 10.2. The number of aldehydes is 1. The molecule has 3 rings (SSSR count). The number of aromatic nitrogens is 1. The molecule has 0 N–H and O–H groups in total. The van der Waals surface area contributed by atoms with Crippen LogP contribution >= 0.6 is 11.3 Å². The molecule has 0 aliphatic carbocycles. The van der Waals surface area contributed by atoms with Gasteiger partial charge in [0.15, 0.2) is 6.29 Å². The largest absolute Gasteiger partial charge is 0.335 e. The summed E-state index contributed by atoms with van der Waals surface area (Å²) in [5.74, 6) is 0. The minimum absolute atomic E-state index is 0.793. The molecule has 3 heteroatoms. The first kappa shape index (κ1) is 8.68. The van der Waals surface area contributed by atoms with E-state index < -0.39 is 0 Å². The Bertz CT molecular complexity index is 663. The van der Waals surface area contributed by atoms with Crippen LogP contribution < -0.4 is 0 Å². The molecule has 0 fully saturated rings. The van der Waals surface area contributed by atoms with E-state index in [9.17, 15) is 4.79 Å². The SMILES string of the molecule is Cn1c2ccccc2c2cc(C=O)sc21. The number of nitrogens with zero attached hydrogens (tertiary/aromatic N) is 1. The number of hydrogen-bond acceptors (Lipinski definition) is 2. The Hall–Kier alpha value is -1.61. The average Bonchev–Trinajstić information content (AvgIpc) is 2.80. The van der Waals surface area contributed by atoms with Crippen molar-refractivity contribution in [1.82, 2.24) is 4.57 Å². The molecule has 0 radical (unpaired) electrons. The summed E-state index contributed by atoms with van der Waals surface area (Å²) in [4.78, 5) is 12.7. The predicted molar refractivity (Wildman–Crippen MR) is 63.7 cm³/mol. The second kappa shape index (κ2) is 2.94. The van der Waals surface area contributed by atoms with Crippen molar-refractivity contribution in [2.75, 3.05) is 0 Å². The molecular weight excluding hydrogens is 206 g/mol. The molecule has 2 heterocycles. The van der Waals surface area contributed by atoms with Crippen LogP contribution in [0.4, 0.5) is 0 Å². The lowest BCUT2D eigenvalue weighted by molar-refractivity contribution is 0.112. The molecule has 1 aromatic carbocycles. The summed E-state index contributed by atoms with van der Waals surface area (Å²) < 4.78 is 2.14. The van der Waals surface area contributed by atoms with E-state index in [2.05, 4.69) is 16.7 Å². The molecule has 2 nitrogen and oxygen atoms in total. The third-order valence-corrected chi connectivity index (χ3v) is 3.84. The Labute approximate surface area is 90.7 Å². The van der Waals surface area contributed by atoms with Crippen LogP contribution in [-0.4, -0.2) is 10.9 Å². The highest BCUT2D eigenvalue weighted by Gasteiger charge is 2.10. The minimum Gasteiger partial charge on any atom is -0.335 e. The highest BCUT2D eigenvalue weighted by atomic mass is 32.1. The van der Waals surface area contributed by atoms with Gasteiger partial charge < -0.3 is 4.57 Å². The van der Waals surface area contributed by atoms with E-state index in [4.69, 9.17) is 0 Å². The Morgan fingerprint density at radius 2 is 2.07 bits per heavy atom. The van der Waals surface area contributed by atoms with Crippen LogP contribution in [-0.2, 0) is 7.05 Å². The fraction of sp³-hybridized carbons (Fsp3) is 0.0833. The van der Waals surface area contributed by atoms with Gasteiger partial charge in [0.2, 0.25) is 0 Å². The second-order valence-corrected chi connectivity index (χ2v) is 4.62. The van der Waals surface area contributed by atoms with Crippen LogP contribution in [0.2, 0.25) is 0 Å². The van der Waals surface area contributed by atoms with Gasteiger partial charge in [0.1, 0.15) is 4.83 Å². The van der Waals surface area contributed by atoms with Crippen LogP contribution in [0.15, 0.2) is 30.3 Å². The third-order valence-electron chi connectivity index (χ3n) is 2.71. The van der Waals surface area contributed by atoms with Crippen molar-refractivity contribution in [1.29, 1.82) is 0 Å². The van der Waals surface area contributed by atoms with Crippen molar-refractivity contribution >= 4 is 38.7 Å². The normalized spacial score (nSPS) is 11.3. The summed E-state index contributed by atoms with van der Waals surface area (Å²) in [5.41, 5.74) is 1.22. The predicted octanol–water partition coefficient (Wildman–Crippen LogP) is 3.21. The molecule has 2 aromatic heterocycles. The van der Waals surface area contributed by atoms with E-state index in [0.717, 1.165) is 11.2 Å². The minimum atomic E-state index is 0.793. The zero-order chi connectivity index (χ0) is 10.4. The molecule has 0 amide bonds. The fourth-order valence-electron chi connectivity index (χ4n) is 2.00. The molecule has 0 spiro atoms. The first-order chi connectivity index (χ1) is 7.31. The molecule has 0 unspecified atom stereocenters. The van der Waals surface area contributed by atoms with Gasteiger partial charge in [0.25, 0.3) is 0 Å². The summed E-state index contributed by atoms with van der Waals surface area (Å²) in [7, 11) is 2.04. The first-order valence-corrected chi connectivity index (χ1v) is 5.55. The summed E-state index contributed by atoms with van der Waals surface area (Å²) in [6.45, 7) is 0. The summed E-state index contributed by atoms with van der Waals surface area (Å²) in [6.07, 6.45) is 0.916. The zero-order valence-corrected chi connectivity index (χ0v) is 9.04. The maximum absolute atomic E-state index is 10.7. The molecule has 0 atom stereocenters. The molecule has 3 aromatic rings. The number of rotatable bonds is 1. The van der Waals surface area contributed by atoms with Gasteiger partial charge in [-0.3, -0.25) is 4.79 Å². The van der Waals surface area contributed by atoms with E-state index in [0.29, 0.717) is 0 Å². The smallest absolute Gasteiger partial charge is 0.160 e. The Morgan fingerprint density at radius 1 is 1.27 bits per heavy atom. The van der Waals surface area contributed by atoms with Gasteiger partial charge in [-0.25, -0.2) is 0 Å². The Morgan fingerprint density at radius 3 is 2.87 bits per heavy atom. The van der Waals surface area contributed by atoms with Crippen molar-refractivity contribution in [3.63, 3.8) is 0 Å². The maximum atomic E-state index is 10.7. The molecule has 0 bridgehead atoms. The van der Waals surface area contributed by atoms with E-state index >= 15 is 0 Å². The monoisotopic (exact) mass is 215 g/mol. The summed E-state index contributed by atoms with van der Waals surface area (Å²) in [6, 6.07) is 10.2. The topological polar surface area (TPSA) is 22.0 Å². The van der Waals surface area contributed by atoms with Crippen molar-refractivity contribution in [3.05, 3.63) is 35.2 Å². The van der Waals surface area contributed by atoms with Crippen molar-refractivity contribution in [2.24, 2.45) is 7.05 Å². The Kier molecular flexibility index (Phi) is 1.70. The highest BCUT2D eigenvalue weighted by Crippen LogP contribution is 2.33. The van der Waals surface area contributed by atoms with Crippen LogP contribution in [0.3, 0.4) is 0 Å². The number of fused-ring (bicyclic) bond motifs is 3. The summed E-state index contributed by atoms with van der Waals surface area (Å²) >= 11 is 1.54. The van der Waals surface area contributed by atoms with Crippen LogP contribution in [0.25, 0.3) is 21.1 Å². The fourth-order valence-corrected chi connectivity index (χ4v) is 2.97. The van der Waals surface area contributed by atoms with Gasteiger partial charge in [0.05, 0.1) is 4.88 Å². The molecule has 0 aliphatic heterocycles. The van der Waals surface area contributed by atoms with Crippen molar-refractivity contribution < 1.29 is 4.79 Å². The van der Waals surface area contributed by atoms with Gasteiger partial charge >= 0.3 is 0 Å². The maximum Gasteiger partial charge on any atom is 0.160 e. The highest BCUT2D eigenvalue weighted by molar-refractivity contribution is 7.20. The van der Waals surface area contributed by atoms with Gasteiger partial charge in [-0.15, -0.1) is 11.3 Å². The number of para-hydroxylation sites is 1. The van der Waals surface area contributed by atoms with Crippen molar-refractivity contribution in [3.8, 4) is 0 Å². The van der Waals surface area contributed by atoms with E-state index in [1.54, 1.807) is 11.3 Å². The number of carbonyl (C=O) groups excluding carboxylic acids is 1. The van der Waals surface area contributed by atoms with E-state index in [1.165, 1.54) is 21.1 Å². The lowest BCUT2D eigenvalue weighted by Gasteiger charge is -1.94. The molecule has 74 valence electrons. The number of carbonyl (C=O) groups is 1. The average molecular weight is 215 g/mol. The molecule has 0 saturated carbocycles. The van der Waals surface area contributed by atoms with E-state index in [-0.39, 0.29) is 0 Å². The quantitative estimate of drug-likeness (QED) is 0.571. The third kappa shape index (κ3) is 1.07. The number of benzene rings is 1. The second-order valence-electron chi connectivity index (χ2n) is 3.56. The lowest BCUT2D eigenvalue weighted by Crippen LogP contribution is -1.83. The molecular formula is C12H9NOS. The van der Waals surface area contributed by atoms with Gasteiger partial charge in [-0.05, 0) is 12.1 Å². The van der Waals surface area contributed by atoms with Gasteiger partial charge in [-0.1, -0.05) is 18.2 Å². The Balaban J connectivity index is 2.57. The standard InChI is InChI=1S/C12H9NOS/c1-13-11-5-3-2-4-9(11)10-6-8(7-14)15-12(10)13/h2-7H,1H3. The number of hydrogen-bond donors (Lipinski definition) is 0.